The molecule has 2 aromatic rings. The number of ketones is 1. The van der Waals surface area contributed by atoms with E-state index in [-0.39, 0.29) is 11.6 Å². The van der Waals surface area contributed by atoms with Gasteiger partial charge in [0.05, 0.1) is 5.69 Å². The normalized spacial score (nSPS) is 11.1. The second-order valence-corrected chi connectivity index (χ2v) is 6.27. The van der Waals surface area contributed by atoms with E-state index in [9.17, 15) is 9.18 Å². The summed E-state index contributed by atoms with van der Waals surface area (Å²) in [5, 5.41) is 1.71. The van der Waals surface area contributed by atoms with E-state index in [0.717, 1.165) is 10.0 Å². The summed E-state index contributed by atoms with van der Waals surface area (Å²) in [6.07, 6.45) is 1.48. The lowest BCUT2D eigenvalue weighted by Crippen LogP contribution is -1.93. The average molecular weight is 293 g/mol. The van der Waals surface area contributed by atoms with Crippen LogP contribution in [0, 0.1) is 19.7 Å². The van der Waals surface area contributed by atoms with Crippen molar-refractivity contribution in [2.45, 2.75) is 18.2 Å². The smallest absolute Gasteiger partial charge is 0.186 e. The minimum atomic E-state index is -0.344. The van der Waals surface area contributed by atoms with Crippen molar-refractivity contribution in [3.8, 4) is 0 Å². The fourth-order valence-corrected chi connectivity index (χ4v) is 3.23. The molecule has 98 valence electrons. The Hall–Kier alpha value is -1.46. The molecule has 1 aromatic heterocycles. The zero-order valence-electron chi connectivity index (χ0n) is 10.5. The molecule has 0 fully saturated rings. The molecule has 2 nitrogen and oxygen atoms in total. The number of benzene rings is 1. The van der Waals surface area contributed by atoms with Crippen LogP contribution in [0.4, 0.5) is 4.39 Å². The molecule has 0 atom stereocenters. The zero-order valence-corrected chi connectivity index (χ0v) is 12.1. The van der Waals surface area contributed by atoms with Crippen LogP contribution in [0.15, 0.2) is 40.1 Å². The van der Waals surface area contributed by atoms with Gasteiger partial charge in [-0.1, -0.05) is 11.8 Å². The van der Waals surface area contributed by atoms with Crippen LogP contribution in [0.3, 0.4) is 0 Å². The Labute approximate surface area is 119 Å². The first-order valence-corrected chi connectivity index (χ1v) is 7.33. The van der Waals surface area contributed by atoms with Crippen LogP contribution in [0.25, 0.3) is 0 Å². The minimum absolute atomic E-state index is 0.141. The molecule has 5 heteroatoms. The van der Waals surface area contributed by atoms with E-state index in [1.807, 2.05) is 13.8 Å². The summed E-state index contributed by atoms with van der Waals surface area (Å²) in [5.41, 5.74) is 1.50. The Morgan fingerprint density at radius 2 is 2.00 bits per heavy atom. The van der Waals surface area contributed by atoms with Crippen LogP contribution in [-0.4, -0.2) is 10.8 Å². The van der Waals surface area contributed by atoms with Crippen molar-refractivity contribution in [3.63, 3.8) is 0 Å². The molecular formula is C14H12FNOS2. The summed E-state index contributed by atoms with van der Waals surface area (Å²) in [6, 6.07) is 5.51. The highest BCUT2D eigenvalue weighted by Crippen LogP contribution is 2.27. The third-order valence-electron chi connectivity index (χ3n) is 2.53. The fraction of sp³-hybridized carbons (Fsp3) is 0.143. The summed E-state index contributed by atoms with van der Waals surface area (Å²) in [5.74, 6) is -0.485. The summed E-state index contributed by atoms with van der Waals surface area (Å²) in [4.78, 5) is 17.3. The number of thioether (sulfide) groups is 1. The molecule has 0 aliphatic carbocycles. The third kappa shape index (κ3) is 3.75. The lowest BCUT2D eigenvalue weighted by molar-refractivity contribution is 0.104. The van der Waals surface area contributed by atoms with Crippen molar-refractivity contribution in [3.05, 3.63) is 57.7 Å². The number of nitrogens with zero attached hydrogens (tertiary/aromatic N) is 1. The van der Waals surface area contributed by atoms with Gasteiger partial charge in [0.25, 0.3) is 0 Å². The summed E-state index contributed by atoms with van der Waals surface area (Å²) in [6.45, 7) is 3.98. The Morgan fingerprint density at radius 1 is 1.32 bits per heavy atom. The Balaban J connectivity index is 1.99. The second kappa shape index (κ2) is 6.12. The van der Waals surface area contributed by atoms with Crippen LogP contribution in [0.1, 0.15) is 20.9 Å². The van der Waals surface area contributed by atoms with Crippen molar-refractivity contribution in [1.29, 1.82) is 0 Å². The van der Waals surface area contributed by atoms with Crippen LogP contribution in [0.2, 0.25) is 0 Å². The van der Waals surface area contributed by atoms with Gasteiger partial charge in [0, 0.05) is 10.4 Å². The minimum Gasteiger partial charge on any atom is -0.289 e. The molecule has 0 aliphatic heterocycles. The van der Waals surface area contributed by atoms with Gasteiger partial charge in [0.2, 0.25) is 0 Å². The van der Waals surface area contributed by atoms with Gasteiger partial charge >= 0.3 is 0 Å². The number of carbonyl (C=O) groups excluding carboxylic acids is 1. The number of carbonyl (C=O) groups is 1. The largest absolute Gasteiger partial charge is 0.289 e. The topological polar surface area (TPSA) is 30.0 Å². The molecule has 0 bridgehead atoms. The first kappa shape index (κ1) is 14.0. The van der Waals surface area contributed by atoms with Crippen LogP contribution in [0.5, 0.6) is 0 Å². The van der Waals surface area contributed by atoms with Crippen LogP contribution < -0.4 is 0 Å². The van der Waals surface area contributed by atoms with Crippen molar-refractivity contribution in [1.82, 2.24) is 4.98 Å². The van der Waals surface area contributed by atoms with E-state index < -0.39 is 0 Å². The molecule has 0 spiro atoms. The van der Waals surface area contributed by atoms with E-state index in [4.69, 9.17) is 0 Å². The first-order chi connectivity index (χ1) is 9.06. The first-order valence-electron chi connectivity index (χ1n) is 5.63. The summed E-state index contributed by atoms with van der Waals surface area (Å²) >= 11 is 3.02. The molecule has 2 rings (SSSR count). The highest BCUT2D eigenvalue weighted by atomic mass is 32.2. The lowest BCUT2D eigenvalue weighted by atomic mass is 10.1. The molecular weight excluding hydrogens is 281 g/mol. The maximum absolute atomic E-state index is 12.7. The monoisotopic (exact) mass is 293 g/mol. The number of hydrogen-bond acceptors (Lipinski definition) is 4. The highest BCUT2D eigenvalue weighted by Gasteiger charge is 2.04. The number of hydrogen-bond donors (Lipinski definition) is 0. The van der Waals surface area contributed by atoms with Crippen LogP contribution in [-0.2, 0) is 0 Å². The number of rotatable bonds is 4. The number of thiazole rings is 1. The van der Waals surface area contributed by atoms with Gasteiger partial charge in [-0.15, -0.1) is 11.3 Å². The second-order valence-electron chi connectivity index (χ2n) is 3.91. The molecule has 0 radical (unpaired) electrons. The van der Waals surface area contributed by atoms with Gasteiger partial charge in [0.15, 0.2) is 10.1 Å². The molecule has 0 saturated carbocycles. The molecule has 0 unspecified atom stereocenters. The van der Waals surface area contributed by atoms with E-state index in [1.54, 1.807) is 16.7 Å². The maximum Gasteiger partial charge on any atom is 0.186 e. The average Bonchev–Trinajstić information content (AvgIpc) is 2.69. The third-order valence-corrected chi connectivity index (χ3v) is 4.50. The Bertz CT molecular complexity index is 597. The zero-order chi connectivity index (χ0) is 13.8. The quantitative estimate of drug-likeness (QED) is 0.476. The molecule has 0 N–H and O–H groups in total. The van der Waals surface area contributed by atoms with Crippen molar-refractivity contribution >= 4 is 28.9 Å². The molecule has 1 aromatic carbocycles. The van der Waals surface area contributed by atoms with Gasteiger partial charge in [0.1, 0.15) is 5.82 Å². The number of aromatic nitrogens is 1. The van der Waals surface area contributed by atoms with E-state index >= 15 is 0 Å². The van der Waals surface area contributed by atoms with Crippen LogP contribution >= 0.6 is 23.1 Å². The van der Waals surface area contributed by atoms with E-state index in [2.05, 4.69) is 4.98 Å². The summed E-state index contributed by atoms with van der Waals surface area (Å²) < 4.78 is 13.6. The maximum atomic E-state index is 12.7. The van der Waals surface area contributed by atoms with Gasteiger partial charge in [-0.25, -0.2) is 9.37 Å². The molecule has 0 aliphatic rings. The molecule has 0 saturated heterocycles. The molecule has 1 heterocycles. The SMILES string of the molecule is Cc1nc(S/C=C/C(=O)c2ccc(F)cc2)sc1C. The fourth-order valence-electron chi connectivity index (χ4n) is 1.36. The van der Waals surface area contributed by atoms with Gasteiger partial charge in [-0.3, -0.25) is 4.79 Å². The number of aryl methyl sites for hydroxylation is 2. The van der Waals surface area contributed by atoms with Crippen molar-refractivity contribution in [2.75, 3.05) is 0 Å². The summed E-state index contributed by atoms with van der Waals surface area (Å²) in [7, 11) is 0. The van der Waals surface area contributed by atoms with E-state index in [1.165, 1.54) is 47.0 Å². The standard InChI is InChI=1S/C14H12FNOS2/c1-9-10(2)19-14(16-9)18-8-7-13(17)11-3-5-12(15)6-4-11/h3-8H,1-2H3/b8-7+. The van der Waals surface area contributed by atoms with Crippen molar-refractivity contribution in [2.24, 2.45) is 0 Å². The van der Waals surface area contributed by atoms with E-state index in [0.29, 0.717) is 5.56 Å². The van der Waals surface area contributed by atoms with Gasteiger partial charge in [-0.05, 0) is 49.6 Å². The van der Waals surface area contributed by atoms with Crippen molar-refractivity contribution < 1.29 is 9.18 Å². The lowest BCUT2D eigenvalue weighted by Gasteiger charge is -1.94. The predicted octanol–water partition coefficient (Wildman–Crippen LogP) is 4.39. The molecule has 19 heavy (non-hydrogen) atoms. The van der Waals surface area contributed by atoms with Gasteiger partial charge in [-0.2, -0.15) is 0 Å². The number of halogens is 1. The van der Waals surface area contributed by atoms with Gasteiger partial charge < -0.3 is 0 Å². The predicted molar refractivity (Wildman–Crippen MR) is 77.3 cm³/mol. The highest BCUT2D eigenvalue weighted by molar-refractivity contribution is 8.03. The Morgan fingerprint density at radius 3 is 2.58 bits per heavy atom. The Kier molecular flexibility index (Phi) is 4.50. The number of allylic oxidation sites excluding steroid dienone is 1. The molecule has 0 amide bonds.